The summed E-state index contributed by atoms with van der Waals surface area (Å²) in [6.07, 6.45) is 4.18. The number of nitrogens with zero attached hydrogens (tertiary/aromatic N) is 6. The number of morpholine rings is 1. The molecule has 5 rings (SSSR count). The summed E-state index contributed by atoms with van der Waals surface area (Å²) in [4.78, 5) is 33.1. The van der Waals surface area contributed by atoms with Crippen LogP contribution < -0.4 is 11.2 Å². The van der Waals surface area contributed by atoms with Gasteiger partial charge in [0.15, 0.2) is 11.2 Å². The zero-order valence-electron chi connectivity index (χ0n) is 17.5. The molecule has 0 N–H and O–H groups in total. The second-order valence-corrected chi connectivity index (χ2v) is 8.22. The Morgan fingerprint density at radius 1 is 1.13 bits per heavy atom. The minimum absolute atomic E-state index is 0.161. The number of imidazole rings is 2. The second-order valence-electron chi connectivity index (χ2n) is 8.22. The first-order valence-electron chi connectivity index (χ1n) is 10.6. The average molecular weight is 416 g/mol. The summed E-state index contributed by atoms with van der Waals surface area (Å²) in [5, 5.41) is 0. The molecule has 0 amide bonds. The number of aromatic nitrogens is 5. The summed E-state index contributed by atoms with van der Waals surface area (Å²) < 4.78 is 17.9. The lowest BCUT2D eigenvalue weighted by Crippen LogP contribution is -2.44. The second kappa shape index (κ2) is 7.68. The van der Waals surface area contributed by atoms with Crippen LogP contribution in [0.15, 0.2) is 15.8 Å². The molecule has 5 heterocycles. The standard InChI is InChI=1S/C20H28N6O4/c1-14-12-26-16-17(21-19(26)25(14)13-15-4-3-9-30-15)22(2)20(28)24(18(16)27)6-5-23-7-10-29-11-8-23/h12,15H,3-11,13H2,1-2H3/t15-/m0/s1. The van der Waals surface area contributed by atoms with Gasteiger partial charge in [-0.1, -0.05) is 0 Å². The molecule has 0 aliphatic carbocycles. The molecule has 3 aromatic heterocycles. The summed E-state index contributed by atoms with van der Waals surface area (Å²) in [5.41, 5.74) is 1.27. The average Bonchev–Trinajstić information content (AvgIpc) is 3.45. The smallest absolute Gasteiger partial charge is 0.332 e. The molecule has 0 saturated carbocycles. The minimum Gasteiger partial charge on any atom is -0.379 e. The number of hydrogen-bond donors (Lipinski definition) is 0. The topological polar surface area (TPSA) is 87.9 Å². The van der Waals surface area contributed by atoms with E-state index in [1.165, 1.54) is 9.13 Å². The molecular weight excluding hydrogens is 388 g/mol. The fourth-order valence-electron chi connectivity index (χ4n) is 4.54. The van der Waals surface area contributed by atoms with Crippen LogP contribution in [0.25, 0.3) is 16.9 Å². The van der Waals surface area contributed by atoms with Gasteiger partial charge in [0.1, 0.15) is 0 Å². The SMILES string of the molecule is Cc1cn2c3c(=O)n(CCN4CCOCC4)c(=O)n(C)c3nc2n1C[C@@H]1CCCO1. The van der Waals surface area contributed by atoms with Crippen LogP contribution in [0.5, 0.6) is 0 Å². The van der Waals surface area contributed by atoms with Crippen LogP contribution in [0.3, 0.4) is 0 Å². The number of fused-ring (bicyclic) bond motifs is 3. The molecule has 30 heavy (non-hydrogen) atoms. The van der Waals surface area contributed by atoms with Crippen molar-refractivity contribution in [2.45, 2.75) is 39.0 Å². The highest BCUT2D eigenvalue weighted by molar-refractivity contribution is 5.75. The summed E-state index contributed by atoms with van der Waals surface area (Å²) in [6.45, 7) is 7.51. The van der Waals surface area contributed by atoms with E-state index < -0.39 is 0 Å². The first-order valence-corrected chi connectivity index (χ1v) is 10.6. The van der Waals surface area contributed by atoms with E-state index in [0.29, 0.717) is 49.8 Å². The molecular formula is C20H28N6O4. The van der Waals surface area contributed by atoms with Gasteiger partial charge in [-0.3, -0.25) is 23.2 Å². The molecule has 10 nitrogen and oxygen atoms in total. The summed E-state index contributed by atoms with van der Waals surface area (Å²) in [6, 6.07) is 0. The third kappa shape index (κ3) is 3.19. The molecule has 2 aliphatic heterocycles. The van der Waals surface area contributed by atoms with Crippen molar-refractivity contribution in [2.24, 2.45) is 7.05 Å². The van der Waals surface area contributed by atoms with Gasteiger partial charge >= 0.3 is 5.69 Å². The van der Waals surface area contributed by atoms with Crippen molar-refractivity contribution in [2.75, 3.05) is 39.5 Å². The predicted molar refractivity (Wildman–Crippen MR) is 111 cm³/mol. The Morgan fingerprint density at radius 2 is 1.93 bits per heavy atom. The van der Waals surface area contributed by atoms with E-state index in [1.807, 2.05) is 17.5 Å². The predicted octanol–water partition coefficient (Wildman–Crippen LogP) is -0.0310. The minimum atomic E-state index is -0.330. The molecule has 2 aliphatic rings. The van der Waals surface area contributed by atoms with Crippen molar-refractivity contribution in [1.82, 2.24) is 28.0 Å². The van der Waals surface area contributed by atoms with E-state index in [-0.39, 0.29) is 17.4 Å². The highest BCUT2D eigenvalue weighted by Crippen LogP contribution is 2.20. The monoisotopic (exact) mass is 416 g/mol. The Kier molecular flexibility index (Phi) is 5.00. The largest absolute Gasteiger partial charge is 0.379 e. The van der Waals surface area contributed by atoms with Gasteiger partial charge < -0.3 is 14.0 Å². The van der Waals surface area contributed by atoms with Crippen molar-refractivity contribution in [3.05, 3.63) is 32.7 Å². The van der Waals surface area contributed by atoms with Crippen LogP contribution in [0.4, 0.5) is 0 Å². The molecule has 0 radical (unpaired) electrons. The normalized spacial score (nSPS) is 20.7. The Labute approximate surface area is 173 Å². The quantitative estimate of drug-likeness (QED) is 0.581. The van der Waals surface area contributed by atoms with Crippen molar-refractivity contribution >= 4 is 16.9 Å². The maximum atomic E-state index is 13.3. The zero-order chi connectivity index (χ0) is 20.8. The van der Waals surface area contributed by atoms with Gasteiger partial charge in [-0.2, -0.15) is 4.98 Å². The molecule has 0 aromatic carbocycles. The van der Waals surface area contributed by atoms with Gasteiger partial charge in [-0.15, -0.1) is 0 Å². The number of rotatable bonds is 5. The lowest BCUT2D eigenvalue weighted by Gasteiger charge is -2.26. The Morgan fingerprint density at radius 3 is 2.67 bits per heavy atom. The molecule has 0 bridgehead atoms. The fourth-order valence-corrected chi connectivity index (χ4v) is 4.54. The Bertz CT molecular complexity index is 1190. The molecule has 0 spiro atoms. The van der Waals surface area contributed by atoms with E-state index in [1.54, 1.807) is 7.05 Å². The number of aryl methyl sites for hydroxylation is 2. The Hall–Kier alpha value is -2.43. The summed E-state index contributed by atoms with van der Waals surface area (Å²) in [5.74, 6) is 0.677. The highest BCUT2D eigenvalue weighted by Gasteiger charge is 2.23. The van der Waals surface area contributed by atoms with Gasteiger partial charge in [0.25, 0.3) is 5.56 Å². The van der Waals surface area contributed by atoms with E-state index in [0.717, 1.165) is 38.2 Å². The molecule has 2 fully saturated rings. The van der Waals surface area contributed by atoms with E-state index in [9.17, 15) is 9.59 Å². The van der Waals surface area contributed by atoms with Crippen molar-refractivity contribution < 1.29 is 9.47 Å². The van der Waals surface area contributed by atoms with E-state index in [4.69, 9.17) is 9.47 Å². The maximum Gasteiger partial charge on any atom is 0.332 e. The molecule has 1 atom stereocenters. The molecule has 162 valence electrons. The maximum absolute atomic E-state index is 13.3. The zero-order valence-corrected chi connectivity index (χ0v) is 17.5. The van der Waals surface area contributed by atoms with Crippen LogP contribution in [-0.2, 0) is 29.6 Å². The highest BCUT2D eigenvalue weighted by atomic mass is 16.5. The first-order chi connectivity index (χ1) is 14.5. The Balaban J connectivity index is 1.57. The van der Waals surface area contributed by atoms with Crippen LogP contribution >= 0.6 is 0 Å². The van der Waals surface area contributed by atoms with Gasteiger partial charge in [0, 0.05) is 51.7 Å². The molecule has 10 heteroatoms. The fraction of sp³-hybridized carbons (Fsp3) is 0.650. The van der Waals surface area contributed by atoms with Gasteiger partial charge in [-0.25, -0.2) is 4.79 Å². The summed E-state index contributed by atoms with van der Waals surface area (Å²) in [7, 11) is 1.68. The molecule has 2 saturated heterocycles. The first kappa shape index (κ1) is 19.5. The lowest BCUT2D eigenvalue weighted by molar-refractivity contribution is 0.0361. The summed E-state index contributed by atoms with van der Waals surface area (Å²) >= 11 is 0. The van der Waals surface area contributed by atoms with Crippen molar-refractivity contribution in [3.8, 4) is 0 Å². The van der Waals surface area contributed by atoms with Crippen LogP contribution in [-0.4, -0.2) is 73.5 Å². The third-order valence-electron chi connectivity index (χ3n) is 6.29. The number of ether oxygens (including phenoxy) is 2. The van der Waals surface area contributed by atoms with Crippen molar-refractivity contribution in [3.63, 3.8) is 0 Å². The van der Waals surface area contributed by atoms with Crippen LogP contribution in [0, 0.1) is 6.92 Å². The lowest BCUT2D eigenvalue weighted by atomic mass is 10.2. The van der Waals surface area contributed by atoms with Gasteiger partial charge in [-0.05, 0) is 19.8 Å². The third-order valence-corrected chi connectivity index (χ3v) is 6.29. The van der Waals surface area contributed by atoms with Gasteiger partial charge in [0.05, 0.1) is 25.9 Å². The van der Waals surface area contributed by atoms with E-state index in [2.05, 4.69) is 14.5 Å². The van der Waals surface area contributed by atoms with Crippen LogP contribution in [0.2, 0.25) is 0 Å². The molecule has 3 aromatic rings. The molecule has 0 unspecified atom stereocenters. The van der Waals surface area contributed by atoms with Crippen molar-refractivity contribution in [1.29, 1.82) is 0 Å². The van der Waals surface area contributed by atoms with Gasteiger partial charge in [0.2, 0.25) is 5.78 Å². The van der Waals surface area contributed by atoms with Crippen LogP contribution in [0.1, 0.15) is 18.5 Å². The number of hydrogen-bond acceptors (Lipinski definition) is 6. The van der Waals surface area contributed by atoms with E-state index >= 15 is 0 Å².